The average Bonchev–Trinajstić information content (AvgIpc) is 3.10. The number of carbonyl (C=O) groups is 1. The predicted octanol–water partition coefficient (Wildman–Crippen LogP) is 0.572. The molecule has 2 N–H and O–H groups in total. The van der Waals surface area contributed by atoms with Gasteiger partial charge in [-0.15, -0.1) is 0 Å². The number of carbonyl (C=O) groups excluding carboxylic acids is 1. The lowest BCUT2D eigenvalue weighted by Gasteiger charge is -2.27. The van der Waals surface area contributed by atoms with Crippen LogP contribution in [-0.2, 0) is 4.79 Å². The summed E-state index contributed by atoms with van der Waals surface area (Å²) in [5, 5.41) is 6.42. The van der Waals surface area contributed by atoms with Crippen molar-refractivity contribution in [2.75, 3.05) is 26.7 Å². The highest BCUT2D eigenvalue weighted by atomic mass is 16.2. The van der Waals surface area contributed by atoms with Crippen molar-refractivity contribution in [3.05, 3.63) is 0 Å². The molecule has 0 bridgehead atoms. The molecule has 0 aromatic carbocycles. The van der Waals surface area contributed by atoms with E-state index < -0.39 is 0 Å². The third-order valence-electron chi connectivity index (χ3n) is 3.77. The van der Waals surface area contributed by atoms with E-state index in [0.717, 1.165) is 37.8 Å². The van der Waals surface area contributed by atoms with Crippen LogP contribution in [0.4, 0.5) is 0 Å². The molecular formula is C13H24N4O. The Morgan fingerprint density at radius 3 is 2.56 bits per heavy atom. The van der Waals surface area contributed by atoms with E-state index in [1.165, 1.54) is 12.8 Å². The smallest absolute Gasteiger partial charge is 0.241 e. The van der Waals surface area contributed by atoms with E-state index >= 15 is 0 Å². The van der Waals surface area contributed by atoms with Crippen molar-refractivity contribution >= 4 is 11.9 Å². The predicted molar refractivity (Wildman–Crippen MR) is 72.5 cm³/mol. The number of guanidine groups is 1. The minimum absolute atomic E-state index is 0.182. The number of piperidine rings is 1. The van der Waals surface area contributed by atoms with Crippen LogP contribution >= 0.6 is 0 Å². The molecule has 5 heteroatoms. The second kappa shape index (κ2) is 6.07. The van der Waals surface area contributed by atoms with E-state index in [1.807, 2.05) is 4.90 Å². The van der Waals surface area contributed by atoms with Crippen LogP contribution < -0.4 is 10.6 Å². The molecular weight excluding hydrogens is 228 g/mol. The van der Waals surface area contributed by atoms with Gasteiger partial charge in [-0.25, -0.2) is 0 Å². The molecule has 2 aliphatic rings. The molecule has 0 aromatic heterocycles. The highest BCUT2D eigenvalue weighted by Crippen LogP contribution is 2.28. The largest absolute Gasteiger partial charge is 0.353 e. The van der Waals surface area contributed by atoms with Crippen LogP contribution in [0.1, 0.15) is 32.6 Å². The Hall–Kier alpha value is -1.26. The van der Waals surface area contributed by atoms with E-state index in [2.05, 4.69) is 22.5 Å². The zero-order valence-corrected chi connectivity index (χ0v) is 11.4. The molecule has 0 radical (unpaired) electrons. The SMILES string of the molecule is CN=C(NCC(=O)N1CCCCC1)NC1CC1C. The molecule has 2 atom stereocenters. The number of hydrogen-bond acceptors (Lipinski definition) is 2. The molecule has 2 unspecified atom stereocenters. The second-order valence-corrected chi connectivity index (χ2v) is 5.33. The topological polar surface area (TPSA) is 56.7 Å². The minimum atomic E-state index is 0.182. The first-order valence-electron chi connectivity index (χ1n) is 6.95. The lowest BCUT2D eigenvalue weighted by Crippen LogP contribution is -2.46. The third kappa shape index (κ3) is 3.62. The van der Waals surface area contributed by atoms with Gasteiger partial charge in [0, 0.05) is 26.2 Å². The molecule has 0 aromatic rings. The van der Waals surface area contributed by atoms with Crippen molar-refractivity contribution in [1.29, 1.82) is 0 Å². The summed E-state index contributed by atoms with van der Waals surface area (Å²) in [6.45, 7) is 4.38. The summed E-state index contributed by atoms with van der Waals surface area (Å²) >= 11 is 0. The number of aliphatic imine (C=N–C) groups is 1. The lowest BCUT2D eigenvalue weighted by molar-refractivity contribution is -0.130. The Kier molecular flexibility index (Phi) is 4.44. The molecule has 1 saturated carbocycles. The molecule has 2 rings (SSSR count). The second-order valence-electron chi connectivity index (χ2n) is 5.33. The van der Waals surface area contributed by atoms with Crippen molar-refractivity contribution in [1.82, 2.24) is 15.5 Å². The summed E-state index contributed by atoms with van der Waals surface area (Å²) in [6.07, 6.45) is 4.72. The van der Waals surface area contributed by atoms with Crippen LogP contribution in [0.2, 0.25) is 0 Å². The fraction of sp³-hybridized carbons (Fsp3) is 0.846. The van der Waals surface area contributed by atoms with Gasteiger partial charge in [0.15, 0.2) is 5.96 Å². The summed E-state index contributed by atoms with van der Waals surface area (Å²) < 4.78 is 0. The highest BCUT2D eigenvalue weighted by molar-refractivity contribution is 5.86. The van der Waals surface area contributed by atoms with Crippen molar-refractivity contribution in [2.45, 2.75) is 38.6 Å². The molecule has 2 fully saturated rings. The van der Waals surface area contributed by atoms with Crippen molar-refractivity contribution in [3.63, 3.8) is 0 Å². The normalized spacial score (nSPS) is 27.9. The number of nitrogens with zero attached hydrogens (tertiary/aromatic N) is 2. The monoisotopic (exact) mass is 252 g/mol. The fourth-order valence-electron chi connectivity index (χ4n) is 2.31. The summed E-state index contributed by atoms with van der Waals surface area (Å²) in [6, 6.07) is 0.529. The molecule has 0 spiro atoms. The van der Waals surface area contributed by atoms with E-state index in [9.17, 15) is 4.79 Å². The maximum absolute atomic E-state index is 12.0. The van der Waals surface area contributed by atoms with Crippen LogP contribution in [0.25, 0.3) is 0 Å². The molecule has 1 amide bonds. The Morgan fingerprint density at radius 2 is 2.00 bits per heavy atom. The third-order valence-corrected chi connectivity index (χ3v) is 3.77. The Labute approximate surface area is 109 Å². The minimum Gasteiger partial charge on any atom is -0.353 e. The number of rotatable bonds is 3. The molecule has 1 aliphatic carbocycles. The number of hydrogen-bond donors (Lipinski definition) is 2. The molecule has 1 aliphatic heterocycles. The first-order chi connectivity index (χ1) is 8.70. The van der Waals surface area contributed by atoms with Gasteiger partial charge in [-0.05, 0) is 31.6 Å². The quantitative estimate of drug-likeness (QED) is 0.570. The van der Waals surface area contributed by atoms with Gasteiger partial charge in [0.25, 0.3) is 0 Å². The molecule has 1 heterocycles. The zero-order valence-electron chi connectivity index (χ0n) is 11.4. The van der Waals surface area contributed by atoms with Crippen LogP contribution in [0, 0.1) is 5.92 Å². The highest BCUT2D eigenvalue weighted by Gasteiger charge is 2.33. The van der Waals surface area contributed by atoms with Gasteiger partial charge in [-0.1, -0.05) is 6.92 Å². The van der Waals surface area contributed by atoms with Crippen LogP contribution in [-0.4, -0.2) is 49.5 Å². The standard InChI is InChI=1S/C13H24N4O/c1-10-8-11(10)16-13(14-2)15-9-12(18)17-6-4-3-5-7-17/h10-11H,3-9H2,1-2H3,(H2,14,15,16). The van der Waals surface area contributed by atoms with E-state index in [-0.39, 0.29) is 5.91 Å². The molecule has 102 valence electrons. The van der Waals surface area contributed by atoms with Gasteiger partial charge in [-0.3, -0.25) is 9.79 Å². The fourth-order valence-corrected chi connectivity index (χ4v) is 2.31. The van der Waals surface area contributed by atoms with Crippen LogP contribution in [0.5, 0.6) is 0 Å². The lowest BCUT2D eigenvalue weighted by atomic mass is 10.1. The molecule has 18 heavy (non-hydrogen) atoms. The number of nitrogens with one attached hydrogen (secondary N) is 2. The van der Waals surface area contributed by atoms with Crippen LogP contribution in [0.3, 0.4) is 0 Å². The van der Waals surface area contributed by atoms with E-state index in [0.29, 0.717) is 12.6 Å². The van der Waals surface area contributed by atoms with Gasteiger partial charge in [0.1, 0.15) is 0 Å². The Balaban J connectivity index is 1.70. The van der Waals surface area contributed by atoms with E-state index in [1.54, 1.807) is 7.05 Å². The van der Waals surface area contributed by atoms with Crippen LogP contribution in [0.15, 0.2) is 4.99 Å². The molecule has 1 saturated heterocycles. The van der Waals surface area contributed by atoms with Gasteiger partial charge >= 0.3 is 0 Å². The van der Waals surface area contributed by atoms with Crippen molar-refractivity contribution in [3.8, 4) is 0 Å². The Bertz CT molecular complexity index is 323. The first kappa shape index (κ1) is 13.2. The van der Waals surface area contributed by atoms with E-state index in [4.69, 9.17) is 0 Å². The zero-order chi connectivity index (χ0) is 13.0. The van der Waals surface area contributed by atoms with Crippen molar-refractivity contribution in [2.24, 2.45) is 10.9 Å². The maximum Gasteiger partial charge on any atom is 0.241 e. The van der Waals surface area contributed by atoms with Gasteiger partial charge < -0.3 is 15.5 Å². The number of likely N-dealkylation sites (tertiary alicyclic amines) is 1. The number of amides is 1. The first-order valence-corrected chi connectivity index (χ1v) is 6.95. The van der Waals surface area contributed by atoms with Gasteiger partial charge in [-0.2, -0.15) is 0 Å². The average molecular weight is 252 g/mol. The summed E-state index contributed by atoms with van der Waals surface area (Å²) in [4.78, 5) is 18.1. The Morgan fingerprint density at radius 1 is 1.33 bits per heavy atom. The summed E-state index contributed by atoms with van der Waals surface area (Å²) in [7, 11) is 1.74. The van der Waals surface area contributed by atoms with Crippen molar-refractivity contribution < 1.29 is 4.79 Å². The van der Waals surface area contributed by atoms with Gasteiger partial charge in [0.2, 0.25) is 5.91 Å². The summed E-state index contributed by atoms with van der Waals surface area (Å²) in [5.74, 6) is 1.65. The van der Waals surface area contributed by atoms with Gasteiger partial charge in [0.05, 0.1) is 6.54 Å². The maximum atomic E-state index is 12.0. The molecule has 5 nitrogen and oxygen atoms in total. The summed E-state index contributed by atoms with van der Waals surface area (Å²) in [5.41, 5.74) is 0.